The lowest BCUT2D eigenvalue weighted by molar-refractivity contribution is 0.0961. The number of methoxy groups -OCH3 is 1. The van der Waals surface area contributed by atoms with Crippen LogP contribution in [0.3, 0.4) is 0 Å². The Balaban J connectivity index is 1.74. The van der Waals surface area contributed by atoms with Gasteiger partial charge in [0.2, 0.25) is 5.78 Å². The minimum absolute atomic E-state index is 0.00703. The molecule has 0 unspecified atom stereocenters. The minimum atomic E-state index is -0.00703. The lowest BCUT2D eigenvalue weighted by Crippen LogP contribution is -1.99. The van der Waals surface area contributed by atoms with Crippen molar-refractivity contribution in [2.45, 2.75) is 6.61 Å². The van der Waals surface area contributed by atoms with Gasteiger partial charge in [-0.3, -0.25) is 4.79 Å². The molecule has 5 heteroatoms. The summed E-state index contributed by atoms with van der Waals surface area (Å²) in [7, 11) is 1.63. The first-order valence-electron chi connectivity index (χ1n) is 6.42. The molecule has 0 aromatic heterocycles. The molecule has 1 aliphatic heterocycles. The van der Waals surface area contributed by atoms with Gasteiger partial charge in [0.25, 0.3) is 0 Å². The van der Waals surface area contributed by atoms with E-state index in [2.05, 4.69) is 15.9 Å². The van der Waals surface area contributed by atoms with Gasteiger partial charge in [0.1, 0.15) is 23.9 Å². The number of halogens is 1. The normalized spacial score (nSPS) is 12.8. The molecular weight excluding hydrogens is 336 g/mol. The molecule has 0 saturated carbocycles. The lowest BCUT2D eigenvalue weighted by Gasteiger charge is -2.10. The summed E-state index contributed by atoms with van der Waals surface area (Å²) in [6.07, 6.45) is 0. The molecule has 2 aromatic carbocycles. The first-order chi connectivity index (χ1) is 10.2. The highest BCUT2D eigenvalue weighted by Crippen LogP contribution is 2.36. The molecule has 0 amide bonds. The number of carbonyl (C=O) groups excluding carboxylic acids is 1. The van der Waals surface area contributed by atoms with Gasteiger partial charge in [-0.05, 0) is 39.7 Å². The van der Waals surface area contributed by atoms with E-state index in [1.54, 1.807) is 19.2 Å². The fourth-order valence-electron chi connectivity index (χ4n) is 2.09. The van der Waals surface area contributed by atoms with Crippen LogP contribution in [-0.2, 0) is 6.61 Å². The third-order valence-corrected chi connectivity index (χ3v) is 3.87. The number of benzene rings is 2. The third kappa shape index (κ3) is 2.88. The van der Waals surface area contributed by atoms with Gasteiger partial charge >= 0.3 is 0 Å². The van der Waals surface area contributed by atoms with E-state index in [1.807, 2.05) is 24.3 Å². The zero-order valence-electron chi connectivity index (χ0n) is 11.4. The zero-order valence-corrected chi connectivity index (χ0v) is 13.0. The number of fused-ring (bicyclic) bond motifs is 1. The predicted octanol–water partition coefficient (Wildman–Crippen LogP) is 3.61. The highest BCUT2D eigenvalue weighted by atomic mass is 79.9. The average molecular weight is 349 g/mol. The fourth-order valence-corrected chi connectivity index (χ4v) is 2.54. The Kier molecular flexibility index (Phi) is 3.84. The number of hydrogen-bond donors (Lipinski definition) is 0. The molecule has 0 fully saturated rings. The van der Waals surface area contributed by atoms with E-state index in [4.69, 9.17) is 14.2 Å². The largest absolute Gasteiger partial charge is 0.497 e. The third-order valence-electron chi connectivity index (χ3n) is 3.25. The van der Waals surface area contributed by atoms with E-state index in [1.165, 1.54) is 0 Å². The van der Waals surface area contributed by atoms with Crippen molar-refractivity contribution in [1.82, 2.24) is 0 Å². The maximum absolute atomic E-state index is 11.6. The molecule has 108 valence electrons. The highest BCUT2D eigenvalue weighted by molar-refractivity contribution is 9.10. The van der Waals surface area contributed by atoms with E-state index in [0.29, 0.717) is 23.7 Å². The summed E-state index contributed by atoms with van der Waals surface area (Å²) < 4.78 is 17.0. The lowest BCUT2D eigenvalue weighted by atomic mass is 10.1. The van der Waals surface area contributed by atoms with Crippen LogP contribution in [0.25, 0.3) is 0 Å². The molecule has 0 bridgehead atoms. The van der Waals surface area contributed by atoms with E-state index < -0.39 is 0 Å². The highest BCUT2D eigenvalue weighted by Gasteiger charge is 2.23. The molecule has 0 atom stereocenters. The van der Waals surface area contributed by atoms with E-state index in [-0.39, 0.29) is 12.4 Å². The number of Topliss-reactive ketones (excluding diaryl/α,β-unsaturated/α-hetero) is 1. The van der Waals surface area contributed by atoms with Crippen LogP contribution in [0, 0.1) is 0 Å². The number of ketones is 1. The SMILES string of the molecule is COc1ccc(COc2cc3c(cc2Br)C(=O)CO3)cc1. The number of rotatable bonds is 4. The monoisotopic (exact) mass is 348 g/mol. The molecule has 0 saturated heterocycles. The smallest absolute Gasteiger partial charge is 0.203 e. The Morgan fingerprint density at radius 1 is 1.24 bits per heavy atom. The Morgan fingerprint density at radius 3 is 2.71 bits per heavy atom. The van der Waals surface area contributed by atoms with Gasteiger partial charge in [0, 0.05) is 6.07 Å². The molecule has 0 spiro atoms. The van der Waals surface area contributed by atoms with Crippen molar-refractivity contribution in [2.24, 2.45) is 0 Å². The Morgan fingerprint density at radius 2 is 2.00 bits per heavy atom. The van der Waals surface area contributed by atoms with Crippen LogP contribution >= 0.6 is 15.9 Å². The van der Waals surface area contributed by atoms with Crippen LogP contribution in [0.4, 0.5) is 0 Å². The number of carbonyl (C=O) groups is 1. The van der Waals surface area contributed by atoms with Crippen molar-refractivity contribution in [3.63, 3.8) is 0 Å². The second-order valence-electron chi connectivity index (χ2n) is 4.63. The van der Waals surface area contributed by atoms with Gasteiger partial charge in [-0.1, -0.05) is 12.1 Å². The van der Waals surface area contributed by atoms with E-state index in [9.17, 15) is 4.79 Å². The Bertz CT molecular complexity index is 679. The summed E-state index contributed by atoms with van der Waals surface area (Å²) >= 11 is 3.42. The molecule has 3 rings (SSSR count). The first-order valence-corrected chi connectivity index (χ1v) is 7.22. The first kappa shape index (κ1) is 13.9. The van der Waals surface area contributed by atoms with Gasteiger partial charge in [-0.2, -0.15) is 0 Å². The van der Waals surface area contributed by atoms with Crippen LogP contribution in [0.1, 0.15) is 15.9 Å². The quantitative estimate of drug-likeness (QED) is 0.846. The molecule has 0 aliphatic carbocycles. The predicted molar refractivity (Wildman–Crippen MR) is 81.3 cm³/mol. The average Bonchev–Trinajstić information content (AvgIpc) is 2.86. The minimum Gasteiger partial charge on any atom is -0.497 e. The number of hydrogen-bond acceptors (Lipinski definition) is 4. The van der Waals surface area contributed by atoms with Gasteiger partial charge in [-0.15, -0.1) is 0 Å². The summed E-state index contributed by atoms with van der Waals surface area (Å²) in [5.74, 6) is 2.03. The molecule has 1 aliphatic rings. The summed E-state index contributed by atoms with van der Waals surface area (Å²) in [6, 6.07) is 11.2. The molecule has 0 N–H and O–H groups in total. The van der Waals surface area contributed by atoms with Crippen LogP contribution < -0.4 is 14.2 Å². The van der Waals surface area contributed by atoms with Crippen molar-refractivity contribution in [1.29, 1.82) is 0 Å². The fraction of sp³-hybridized carbons (Fsp3) is 0.188. The van der Waals surface area contributed by atoms with E-state index in [0.717, 1.165) is 15.8 Å². The van der Waals surface area contributed by atoms with Crippen LogP contribution in [0.5, 0.6) is 17.2 Å². The van der Waals surface area contributed by atoms with Gasteiger partial charge in [0.15, 0.2) is 6.61 Å². The molecular formula is C16H13BrO4. The van der Waals surface area contributed by atoms with Crippen molar-refractivity contribution in [3.05, 3.63) is 52.0 Å². The van der Waals surface area contributed by atoms with Crippen LogP contribution in [0.15, 0.2) is 40.9 Å². The molecule has 2 aromatic rings. The van der Waals surface area contributed by atoms with Crippen LogP contribution in [0.2, 0.25) is 0 Å². The second kappa shape index (κ2) is 5.77. The topological polar surface area (TPSA) is 44.8 Å². The van der Waals surface area contributed by atoms with Gasteiger partial charge in [0.05, 0.1) is 17.1 Å². The van der Waals surface area contributed by atoms with Crippen molar-refractivity contribution in [3.8, 4) is 17.2 Å². The Hall–Kier alpha value is -2.01. The number of ether oxygens (including phenoxy) is 3. The maximum atomic E-state index is 11.6. The molecule has 0 radical (unpaired) electrons. The van der Waals surface area contributed by atoms with Gasteiger partial charge < -0.3 is 14.2 Å². The van der Waals surface area contributed by atoms with Crippen LogP contribution in [-0.4, -0.2) is 19.5 Å². The second-order valence-corrected chi connectivity index (χ2v) is 5.48. The molecule has 21 heavy (non-hydrogen) atoms. The van der Waals surface area contributed by atoms with Crippen molar-refractivity contribution < 1.29 is 19.0 Å². The zero-order chi connectivity index (χ0) is 14.8. The van der Waals surface area contributed by atoms with Crippen molar-refractivity contribution >= 4 is 21.7 Å². The standard InChI is InChI=1S/C16H13BrO4/c1-19-11-4-2-10(3-5-11)8-20-16-7-15-12(6-13(16)17)14(18)9-21-15/h2-7H,8-9H2,1H3. The van der Waals surface area contributed by atoms with E-state index >= 15 is 0 Å². The summed E-state index contributed by atoms with van der Waals surface area (Å²) in [5.41, 5.74) is 1.62. The Labute approximate surface area is 130 Å². The molecule has 1 heterocycles. The van der Waals surface area contributed by atoms with Gasteiger partial charge in [-0.25, -0.2) is 0 Å². The maximum Gasteiger partial charge on any atom is 0.203 e. The summed E-state index contributed by atoms with van der Waals surface area (Å²) in [4.78, 5) is 11.6. The van der Waals surface area contributed by atoms with Crippen molar-refractivity contribution in [2.75, 3.05) is 13.7 Å². The molecule has 4 nitrogen and oxygen atoms in total. The summed E-state index contributed by atoms with van der Waals surface area (Å²) in [5, 5.41) is 0. The summed E-state index contributed by atoms with van der Waals surface area (Å²) in [6.45, 7) is 0.527.